The van der Waals surface area contributed by atoms with E-state index in [0.29, 0.717) is 16.5 Å². The Bertz CT molecular complexity index is 1090. The van der Waals surface area contributed by atoms with Gasteiger partial charge in [0, 0.05) is 22.5 Å². The summed E-state index contributed by atoms with van der Waals surface area (Å²) in [5.74, 6) is -0.239. The van der Waals surface area contributed by atoms with Crippen molar-refractivity contribution in [1.29, 1.82) is 0 Å². The van der Waals surface area contributed by atoms with Crippen LogP contribution in [0.15, 0.2) is 66.9 Å². The molecule has 0 bridgehead atoms. The van der Waals surface area contributed by atoms with Crippen molar-refractivity contribution in [2.24, 2.45) is 5.73 Å². The van der Waals surface area contributed by atoms with Crippen molar-refractivity contribution < 1.29 is 4.79 Å². The van der Waals surface area contributed by atoms with Gasteiger partial charge in [-0.15, -0.1) is 5.10 Å². The van der Waals surface area contributed by atoms with Crippen molar-refractivity contribution >= 4 is 34.7 Å². The number of halogens is 1. The van der Waals surface area contributed by atoms with Crippen LogP contribution in [-0.2, 0) is 0 Å². The van der Waals surface area contributed by atoms with Gasteiger partial charge in [0.25, 0.3) is 5.91 Å². The number of benzene rings is 2. The van der Waals surface area contributed by atoms with E-state index in [2.05, 4.69) is 15.4 Å². The largest absolute Gasteiger partial charge is 0.365 e. The number of nitrogens with two attached hydrogens (primary N) is 1. The van der Waals surface area contributed by atoms with Crippen molar-refractivity contribution in [2.75, 3.05) is 5.32 Å². The Morgan fingerprint density at radius 3 is 2.46 bits per heavy atom. The lowest BCUT2D eigenvalue weighted by Gasteiger charge is -2.04. The Labute approximate surface area is 154 Å². The predicted octanol–water partition coefficient (Wildman–Crippen LogP) is 3.89. The van der Waals surface area contributed by atoms with E-state index in [1.54, 1.807) is 22.8 Å². The highest BCUT2D eigenvalue weighted by Gasteiger charge is 2.21. The predicted molar refractivity (Wildman–Crippen MR) is 102 cm³/mol. The Morgan fingerprint density at radius 2 is 1.77 bits per heavy atom. The van der Waals surface area contributed by atoms with Crippen LogP contribution in [0.5, 0.6) is 0 Å². The van der Waals surface area contributed by atoms with Gasteiger partial charge in [-0.25, -0.2) is 9.50 Å². The summed E-state index contributed by atoms with van der Waals surface area (Å²) in [6.45, 7) is 0. The minimum Gasteiger partial charge on any atom is -0.365 e. The van der Waals surface area contributed by atoms with E-state index >= 15 is 0 Å². The number of nitrogens with one attached hydrogen (secondary N) is 1. The van der Waals surface area contributed by atoms with E-state index in [4.69, 9.17) is 17.3 Å². The first-order valence-electron chi connectivity index (χ1n) is 7.89. The van der Waals surface area contributed by atoms with Crippen LogP contribution < -0.4 is 11.1 Å². The minimum absolute atomic E-state index is 0.240. The van der Waals surface area contributed by atoms with Crippen LogP contribution in [-0.4, -0.2) is 20.5 Å². The molecule has 0 unspecified atom stereocenters. The molecule has 2 aromatic heterocycles. The molecule has 4 rings (SSSR count). The number of carbonyl (C=O) groups excluding carboxylic acids is 1. The van der Waals surface area contributed by atoms with Crippen LogP contribution in [0.25, 0.3) is 16.9 Å². The minimum atomic E-state index is -0.598. The molecule has 0 aliphatic rings. The summed E-state index contributed by atoms with van der Waals surface area (Å²) >= 11 is 5.97. The molecule has 2 aromatic carbocycles. The van der Waals surface area contributed by atoms with Crippen molar-refractivity contribution in [3.8, 4) is 11.3 Å². The summed E-state index contributed by atoms with van der Waals surface area (Å²) in [5, 5.41) is 8.32. The fourth-order valence-corrected chi connectivity index (χ4v) is 2.88. The summed E-state index contributed by atoms with van der Waals surface area (Å²) in [7, 11) is 0. The number of fused-ring (bicyclic) bond motifs is 1. The van der Waals surface area contributed by atoms with Crippen molar-refractivity contribution in [1.82, 2.24) is 14.6 Å². The number of hydrogen-bond acceptors (Lipinski definition) is 4. The van der Waals surface area contributed by atoms with E-state index in [1.807, 2.05) is 48.5 Å². The number of anilines is 2. The fourth-order valence-electron chi connectivity index (χ4n) is 2.76. The molecule has 6 nitrogen and oxygen atoms in total. The van der Waals surface area contributed by atoms with Crippen LogP contribution in [0.2, 0.25) is 5.02 Å². The zero-order chi connectivity index (χ0) is 18.1. The van der Waals surface area contributed by atoms with Crippen LogP contribution in [0, 0.1) is 0 Å². The van der Waals surface area contributed by atoms with Gasteiger partial charge in [0.15, 0.2) is 11.5 Å². The van der Waals surface area contributed by atoms with Gasteiger partial charge < -0.3 is 11.1 Å². The Balaban J connectivity index is 1.90. The third-order valence-electron chi connectivity index (χ3n) is 3.94. The van der Waals surface area contributed by atoms with Crippen molar-refractivity contribution in [3.05, 3.63) is 77.4 Å². The second-order valence-electron chi connectivity index (χ2n) is 5.65. The lowest BCUT2D eigenvalue weighted by Crippen LogP contribution is -2.13. The molecule has 128 valence electrons. The van der Waals surface area contributed by atoms with E-state index in [-0.39, 0.29) is 5.56 Å². The van der Waals surface area contributed by atoms with E-state index < -0.39 is 5.91 Å². The van der Waals surface area contributed by atoms with Crippen molar-refractivity contribution in [2.45, 2.75) is 0 Å². The highest BCUT2D eigenvalue weighted by atomic mass is 35.5. The van der Waals surface area contributed by atoms with Crippen LogP contribution in [0.3, 0.4) is 0 Å². The number of carbonyl (C=O) groups is 1. The standard InChI is InChI=1S/C19H14ClN5O/c20-13-8-6-12(7-9-13)15-10-11-22-19-16(17(21)26)18(24-25(15)19)23-14-4-2-1-3-5-14/h1-11H,(H2,21,26)(H,23,24). The molecule has 0 aliphatic heterocycles. The van der Waals surface area contributed by atoms with Gasteiger partial charge in [-0.05, 0) is 30.3 Å². The number of para-hydroxylation sites is 1. The molecule has 26 heavy (non-hydrogen) atoms. The molecule has 3 N–H and O–H groups in total. The lowest BCUT2D eigenvalue weighted by molar-refractivity contribution is 0.100. The summed E-state index contributed by atoms with van der Waals surface area (Å²) in [5.41, 5.74) is 8.70. The van der Waals surface area contributed by atoms with Crippen LogP contribution >= 0.6 is 11.6 Å². The second kappa shape index (κ2) is 6.50. The number of amides is 1. The zero-order valence-electron chi connectivity index (χ0n) is 13.6. The first-order chi connectivity index (χ1) is 12.6. The molecule has 0 spiro atoms. The summed E-state index contributed by atoms with van der Waals surface area (Å²) < 4.78 is 1.61. The average Bonchev–Trinajstić information content (AvgIpc) is 3.01. The van der Waals surface area contributed by atoms with Gasteiger partial charge >= 0.3 is 0 Å². The molecule has 7 heteroatoms. The SMILES string of the molecule is NC(=O)c1c(Nc2ccccc2)nn2c(-c3ccc(Cl)cc3)ccnc12. The molecule has 0 aliphatic carbocycles. The van der Waals surface area contributed by atoms with E-state index in [0.717, 1.165) is 16.9 Å². The van der Waals surface area contributed by atoms with Crippen LogP contribution in [0.1, 0.15) is 10.4 Å². The number of hydrogen-bond donors (Lipinski definition) is 2. The second-order valence-corrected chi connectivity index (χ2v) is 6.09. The highest BCUT2D eigenvalue weighted by Crippen LogP contribution is 2.27. The number of primary amides is 1. The maximum Gasteiger partial charge on any atom is 0.256 e. The first-order valence-corrected chi connectivity index (χ1v) is 8.27. The lowest BCUT2D eigenvalue weighted by atomic mass is 10.1. The number of aromatic nitrogens is 3. The topological polar surface area (TPSA) is 85.3 Å². The van der Waals surface area contributed by atoms with Gasteiger partial charge in [-0.3, -0.25) is 4.79 Å². The van der Waals surface area contributed by atoms with E-state index in [1.165, 1.54) is 0 Å². The molecule has 4 aromatic rings. The van der Waals surface area contributed by atoms with Crippen LogP contribution in [0.4, 0.5) is 11.5 Å². The summed E-state index contributed by atoms with van der Waals surface area (Å²) in [4.78, 5) is 16.4. The monoisotopic (exact) mass is 363 g/mol. The van der Waals surface area contributed by atoms with Gasteiger partial charge in [-0.1, -0.05) is 41.9 Å². The average molecular weight is 364 g/mol. The molecule has 0 radical (unpaired) electrons. The Hall–Kier alpha value is -3.38. The molecule has 0 saturated heterocycles. The summed E-state index contributed by atoms with van der Waals surface area (Å²) in [6.07, 6.45) is 1.62. The number of nitrogens with zero attached hydrogens (tertiary/aromatic N) is 3. The molecule has 2 heterocycles. The quantitative estimate of drug-likeness (QED) is 0.576. The first kappa shape index (κ1) is 16.1. The maximum absolute atomic E-state index is 12.1. The van der Waals surface area contributed by atoms with Crippen molar-refractivity contribution in [3.63, 3.8) is 0 Å². The third-order valence-corrected chi connectivity index (χ3v) is 4.19. The highest BCUT2D eigenvalue weighted by molar-refractivity contribution is 6.30. The molecule has 0 atom stereocenters. The smallest absolute Gasteiger partial charge is 0.256 e. The summed E-state index contributed by atoms with van der Waals surface area (Å²) in [6, 6.07) is 18.6. The van der Waals surface area contributed by atoms with Gasteiger partial charge in [0.05, 0.1) is 5.69 Å². The van der Waals surface area contributed by atoms with Gasteiger partial charge in [-0.2, -0.15) is 0 Å². The van der Waals surface area contributed by atoms with Gasteiger partial charge in [0.2, 0.25) is 0 Å². The van der Waals surface area contributed by atoms with Gasteiger partial charge in [0.1, 0.15) is 5.56 Å². The molecular formula is C19H14ClN5O. The Morgan fingerprint density at radius 1 is 1.04 bits per heavy atom. The molecule has 0 fully saturated rings. The Kier molecular flexibility index (Phi) is 4.02. The normalized spacial score (nSPS) is 10.8. The molecular weight excluding hydrogens is 350 g/mol. The zero-order valence-corrected chi connectivity index (χ0v) is 14.3. The van der Waals surface area contributed by atoms with E-state index in [9.17, 15) is 4.79 Å². The molecule has 0 saturated carbocycles. The third kappa shape index (κ3) is 2.87. The fraction of sp³-hybridized carbons (Fsp3) is 0. The maximum atomic E-state index is 12.1. The number of rotatable bonds is 4. The molecule has 1 amide bonds.